The van der Waals surface area contributed by atoms with Gasteiger partial charge in [-0.25, -0.2) is 4.79 Å². The number of likely N-dealkylation sites (N-methyl/N-ethyl adjacent to an activating group) is 1. The van der Waals surface area contributed by atoms with Crippen molar-refractivity contribution in [2.24, 2.45) is 0 Å². The summed E-state index contributed by atoms with van der Waals surface area (Å²) in [5, 5.41) is 8.54. The fraction of sp³-hybridized carbons (Fsp3) is 0.417. The molecule has 0 fully saturated rings. The Balaban J connectivity index is 2.50. The van der Waals surface area contributed by atoms with Crippen molar-refractivity contribution in [1.29, 1.82) is 0 Å². The molecule has 0 saturated heterocycles. The third kappa shape index (κ3) is 4.32. The Labute approximate surface area is 102 Å². The van der Waals surface area contributed by atoms with E-state index in [1.165, 1.54) is 0 Å². The maximum absolute atomic E-state index is 11.6. The van der Waals surface area contributed by atoms with Gasteiger partial charge in [-0.2, -0.15) is 0 Å². The molecule has 0 heterocycles. The van der Waals surface area contributed by atoms with Crippen LogP contribution in [0.5, 0.6) is 5.75 Å². The first-order chi connectivity index (χ1) is 8.17. The summed E-state index contributed by atoms with van der Waals surface area (Å²) in [7, 11) is 3.42. The highest BCUT2D eigenvalue weighted by atomic mass is 16.5. The number of carbonyl (C=O) groups excluding carboxylic acids is 1. The summed E-state index contributed by atoms with van der Waals surface area (Å²) in [6.07, 6.45) is 0. The van der Waals surface area contributed by atoms with E-state index in [9.17, 15) is 4.79 Å². The van der Waals surface area contributed by atoms with Crippen LogP contribution >= 0.6 is 0 Å². The number of nitrogens with one attached hydrogen (secondary N) is 3. The Bertz CT molecular complexity index is 369. The second-order valence-electron chi connectivity index (χ2n) is 3.73. The van der Waals surface area contributed by atoms with E-state index in [1.807, 2.05) is 26.1 Å². The van der Waals surface area contributed by atoms with E-state index in [4.69, 9.17) is 4.74 Å². The van der Waals surface area contributed by atoms with Gasteiger partial charge in [-0.1, -0.05) is 12.1 Å². The number of rotatable bonds is 5. The number of carbonyl (C=O) groups is 1. The highest BCUT2D eigenvalue weighted by Gasteiger charge is 2.06. The van der Waals surface area contributed by atoms with Gasteiger partial charge in [-0.05, 0) is 26.1 Å². The van der Waals surface area contributed by atoms with Gasteiger partial charge in [0.1, 0.15) is 5.75 Å². The average Bonchev–Trinajstić information content (AvgIpc) is 2.36. The van der Waals surface area contributed by atoms with Crippen molar-refractivity contribution < 1.29 is 9.53 Å². The van der Waals surface area contributed by atoms with E-state index in [1.54, 1.807) is 19.2 Å². The molecule has 17 heavy (non-hydrogen) atoms. The Morgan fingerprint density at radius 1 is 1.41 bits per heavy atom. The molecule has 1 unspecified atom stereocenters. The summed E-state index contributed by atoms with van der Waals surface area (Å²) in [4.78, 5) is 11.6. The van der Waals surface area contributed by atoms with Gasteiger partial charge in [0.05, 0.1) is 12.8 Å². The van der Waals surface area contributed by atoms with Crippen molar-refractivity contribution >= 4 is 11.7 Å². The van der Waals surface area contributed by atoms with Crippen molar-refractivity contribution in [3.05, 3.63) is 24.3 Å². The van der Waals surface area contributed by atoms with Gasteiger partial charge in [-0.3, -0.25) is 0 Å². The number of methoxy groups -OCH3 is 1. The highest BCUT2D eigenvalue weighted by Crippen LogP contribution is 2.22. The van der Waals surface area contributed by atoms with Gasteiger partial charge in [0.25, 0.3) is 0 Å². The lowest BCUT2D eigenvalue weighted by Gasteiger charge is -2.13. The van der Waals surface area contributed by atoms with Crippen molar-refractivity contribution in [3.8, 4) is 5.75 Å². The first kappa shape index (κ1) is 13.3. The molecule has 1 aromatic carbocycles. The highest BCUT2D eigenvalue weighted by molar-refractivity contribution is 5.90. The van der Waals surface area contributed by atoms with Crippen molar-refractivity contribution in [3.63, 3.8) is 0 Å². The quantitative estimate of drug-likeness (QED) is 0.726. The zero-order valence-electron chi connectivity index (χ0n) is 10.4. The zero-order chi connectivity index (χ0) is 12.7. The lowest BCUT2D eigenvalue weighted by atomic mass is 10.3. The average molecular weight is 237 g/mol. The van der Waals surface area contributed by atoms with Crippen LogP contribution in [0.4, 0.5) is 10.5 Å². The summed E-state index contributed by atoms with van der Waals surface area (Å²) in [5.41, 5.74) is 0.657. The molecule has 0 aromatic heterocycles. The smallest absolute Gasteiger partial charge is 0.319 e. The number of amides is 2. The SMILES string of the molecule is CNC(C)CNC(=O)Nc1ccccc1OC. The maximum Gasteiger partial charge on any atom is 0.319 e. The molecule has 0 aliphatic heterocycles. The molecule has 1 aromatic rings. The maximum atomic E-state index is 11.6. The summed E-state index contributed by atoms with van der Waals surface area (Å²) in [6, 6.07) is 7.28. The molecule has 0 aliphatic carbocycles. The summed E-state index contributed by atoms with van der Waals surface area (Å²) < 4.78 is 5.14. The van der Waals surface area contributed by atoms with Crippen LogP contribution in [0.2, 0.25) is 0 Å². The van der Waals surface area contributed by atoms with Crippen LogP contribution in [0.25, 0.3) is 0 Å². The van der Waals surface area contributed by atoms with Crippen LogP contribution in [0, 0.1) is 0 Å². The third-order valence-corrected chi connectivity index (χ3v) is 2.42. The van der Waals surface area contributed by atoms with Gasteiger partial charge < -0.3 is 20.7 Å². The number of para-hydroxylation sites is 2. The molecule has 0 saturated carbocycles. The largest absolute Gasteiger partial charge is 0.495 e. The van der Waals surface area contributed by atoms with Crippen LogP contribution in [0.1, 0.15) is 6.92 Å². The number of anilines is 1. The number of hydrogen-bond donors (Lipinski definition) is 3. The lowest BCUT2D eigenvalue weighted by Crippen LogP contribution is -2.39. The fourth-order valence-electron chi connectivity index (χ4n) is 1.26. The van der Waals surface area contributed by atoms with Gasteiger partial charge in [0.15, 0.2) is 0 Å². The molecule has 0 aliphatic rings. The molecule has 5 nitrogen and oxygen atoms in total. The first-order valence-corrected chi connectivity index (χ1v) is 5.52. The second-order valence-corrected chi connectivity index (χ2v) is 3.73. The van der Waals surface area contributed by atoms with E-state index in [0.717, 1.165) is 0 Å². The predicted octanol–water partition coefficient (Wildman–Crippen LogP) is 1.42. The summed E-state index contributed by atoms with van der Waals surface area (Å²) in [5.74, 6) is 0.643. The molecule has 2 amide bonds. The van der Waals surface area contributed by atoms with E-state index >= 15 is 0 Å². The Kier molecular flexibility index (Phi) is 5.29. The monoisotopic (exact) mass is 237 g/mol. The van der Waals surface area contributed by atoms with E-state index < -0.39 is 0 Å². The molecule has 94 valence electrons. The standard InChI is InChI=1S/C12H19N3O2/c1-9(13-2)8-14-12(16)15-10-6-4-5-7-11(10)17-3/h4-7,9,13H,8H2,1-3H3,(H2,14,15,16). The van der Waals surface area contributed by atoms with Crippen LogP contribution in [0.15, 0.2) is 24.3 Å². The van der Waals surface area contributed by atoms with Gasteiger partial charge in [-0.15, -0.1) is 0 Å². The van der Waals surface area contributed by atoms with E-state index in [2.05, 4.69) is 16.0 Å². The van der Waals surface area contributed by atoms with Crippen molar-refractivity contribution in [2.45, 2.75) is 13.0 Å². The van der Waals surface area contributed by atoms with Crippen molar-refractivity contribution in [1.82, 2.24) is 10.6 Å². The van der Waals surface area contributed by atoms with Crippen LogP contribution in [0.3, 0.4) is 0 Å². The van der Waals surface area contributed by atoms with Crippen LogP contribution in [-0.4, -0.2) is 32.8 Å². The molecule has 1 atom stereocenters. The molecule has 3 N–H and O–H groups in total. The third-order valence-electron chi connectivity index (χ3n) is 2.42. The fourth-order valence-corrected chi connectivity index (χ4v) is 1.26. The van der Waals surface area contributed by atoms with Gasteiger partial charge in [0.2, 0.25) is 0 Å². The predicted molar refractivity (Wildman–Crippen MR) is 68.5 cm³/mol. The topological polar surface area (TPSA) is 62.4 Å². The number of ether oxygens (including phenoxy) is 1. The molecule has 0 bridgehead atoms. The van der Waals surface area contributed by atoms with Crippen molar-refractivity contribution in [2.75, 3.05) is 26.0 Å². The Hall–Kier alpha value is -1.75. The summed E-state index contributed by atoms with van der Waals surface area (Å²) >= 11 is 0. The van der Waals surface area contributed by atoms with E-state index in [-0.39, 0.29) is 12.1 Å². The minimum Gasteiger partial charge on any atom is -0.495 e. The molecular weight excluding hydrogens is 218 g/mol. The molecule has 0 spiro atoms. The zero-order valence-corrected chi connectivity index (χ0v) is 10.4. The molecule has 0 radical (unpaired) electrons. The molecular formula is C12H19N3O2. The molecule has 1 rings (SSSR count). The minimum absolute atomic E-state index is 0.235. The number of urea groups is 1. The minimum atomic E-state index is -0.239. The summed E-state index contributed by atoms with van der Waals surface area (Å²) in [6.45, 7) is 2.56. The van der Waals surface area contributed by atoms with Gasteiger partial charge >= 0.3 is 6.03 Å². The van der Waals surface area contributed by atoms with Crippen LogP contribution < -0.4 is 20.7 Å². The lowest BCUT2D eigenvalue weighted by molar-refractivity contribution is 0.251. The number of hydrogen-bond acceptors (Lipinski definition) is 3. The van der Waals surface area contributed by atoms with E-state index in [0.29, 0.717) is 18.0 Å². The molecule has 5 heteroatoms. The van der Waals surface area contributed by atoms with Crippen LogP contribution in [-0.2, 0) is 0 Å². The first-order valence-electron chi connectivity index (χ1n) is 5.52. The second kappa shape index (κ2) is 6.75. The Morgan fingerprint density at radius 2 is 2.12 bits per heavy atom. The Morgan fingerprint density at radius 3 is 2.76 bits per heavy atom. The van der Waals surface area contributed by atoms with Gasteiger partial charge in [0, 0.05) is 12.6 Å². The number of benzene rings is 1. The normalized spacial score (nSPS) is 11.7.